The molecule has 0 radical (unpaired) electrons. The minimum absolute atomic E-state index is 0.00586. The van der Waals surface area contributed by atoms with Gasteiger partial charge < -0.3 is 20.3 Å². The number of nitrogens with zero attached hydrogens (tertiary/aromatic N) is 2. The number of benzene rings is 2. The Morgan fingerprint density at radius 2 is 1.72 bits per heavy atom. The molecule has 2 N–H and O–H groups in total. The summed E-state index contributed by atoms with van der Waals surface area (Å²) in [6.07, 6.45) is 2.87. The second kappa shape index (κ2) is 12.4. The van der Waals surface area contributed by atoms with Crippen LogP contribution >= 0.6 is 0 Å². The molecule has 0 spiro atoms. The average Bonchev–Trinajstić information content (AvgIpc) is 2.93. The molecule has 1 aliphatic carbocycles. The Morgan fingerprint density at radius 1 is 1.03 bits per heavy atom. The van der Waals surface area contributed by atoms with E-state index in [0.29, 0.717) is 18.5 Å². The second-order valence-corrected chi connectivity index (χ2v) is 10.0. The number of rotatable bonds is 8. The average molecular weight is 541 g/mol. The number of hydrogen-bond acceptors (Lipinski definition) is 5. The lowest BCUT2D eigenvalue weighted by Gasteiger charge is -2.38. The second-order valence-electron chi connectivity index (χ2n) is 10.0. The van der Waals surface area contributed by atoms with E-state index >= 15 is 0 Å². The Kier molecular flexibility index (Phi) is 8.96. The van der Waals surface area contributed by atoms with Gasteiger partial charge in [-0.05, 0) is 63.3 Å². The SMILES string of the molecule is COC(=O)C1=C(C)NC(=O)NC1N(C(=O)CCN(C)C1CCC(c2ccccc2)CC1)c1ccc(F)c(F)c1. The third-order valence-electron chi connectivity index (χ3n) is 7.63. The predicted octanol–water partition coefficient (Wildman–Crippen LogP) is 4.43. The number of halogens is 2. The van der Waals surface area contributed by atoms with Crippen LogP contribution in [0.2, 0.25) is 0 Å². The van der Waals surface area contributed by atoms with E-state index in [1.807, 2.05) is 13.1 Å². The minimum atomic E-state index is -1.27. The fourth-order valence-corrected chi connectivity index (χ4v) is 5.47. The molecule has 2 aromatic carbocycles. The van der Waals surface area contributed by atoms with Crippen LogP contribution in [0, 0.1) is 11.6 Å². The molecule has 10 heteroatoms. The van der Waals surface area contributed by atoms with Crippen molar-refractivity contribution >= 4 is 23.6 Å². The van der Waals surface area contributed by atoms with Crippen molar-refractivity contribution < 1.29 is 27.9 Å². The van der Waals surface area contributed by atoms with Crippen LogP contribution in [0.3, 0.4) is 0 Å². The van der Waals surface area contributed by atoms with Gasteiger partial charge in [0.25, 0.3) is 0 Å². The van der Waals surface area contributed by atoms with Crippen LogP contribution in [-0.2, 0) is 14.3 Å². The molecule has 1 atom stereocenters. The van der Waals surface area contributed by atoms with E-state index in [9.17, 15) is 23.2 Å². The van der Waals surface area contributed by atoms with E-state index in [1.165, 1.54) is 25.7 Å². The molecule has 208 valence electrons. The number of nitrogens with one attached hydrogen (secondary N) is 2. The van der Waals surface area contributed by atoms with Gasteiger partial charge in [0.2, 0.25) is 5.91 Å². The molecule has 4 rings (SSSR count). The Labute approximate surface area is 227 Å². The first-order chi connectivity index (χ1) is 18.7. The fraction of sp³-hybridized carbons (Fsp3) is 0.414. The maximum absolute atomic E-state index is 14.2. The topological polar surface area (TPSA) is 91.0 Å². The molecule has 39 heavy (non-hydrogen) atoms. The number of urea groups is 1. The van der Waals surface area contributed by atoms with Crippen LogP contribution in [0.5, 0.6) is 0 Å². The van der Waals surface area contributed by atoms with Crippen molar-refractivity contribution in [2.45, 2.75) is 57.2 Å². The first-order valence-corrected chi connectivity index (χ1v) is 13.1. The molecule has 1 aliphatic heterocycles. The van der Waals surface area contributed by atoms with E-state index in [2.05, 4.69) is 39.8 Å². The number of ether oxygens (including phenoxy) is 1. The molecule has 1 heterocycles. The molecule has 1 saturated carbocycles. The molecule has 8 nitrogen and oxygen atoms in total. The number of anilines is 1. The van der Waals surface area contributed by atoms with Gasteiger partial charge in [-0.1, -0.05) is 30.3 Å². The van der Waals surface area contributed by atoms with Crippen molar-refractivity contribution in [1.82, 2.24) is 15.5 Å². The normalized spacial score (nSPS) is 21.3. The lowest BCUT2D eigenvalue weighted by Crippen LogP contribution is -2.59. The van der Waals surface area contributed by atoms with Gasteiger partial charge in [0.15, 0.2) is 11.6 Å². The van der Waals surface area contributed by atoms with Gasteiger partial charge in [-0.2, -0.15) is 0 Å². The highest BCUT2D eigenvalue weighted by molar-refractivity contribution is 6.01. The number of hydrogen-bond donors (Lipinski definition) is 2. The highest BCUT2D eigenvalue weighted by Crippen LogP contribution is 2.34. The zero-order valence-corrected chi connectivity index (χ0v) is 22.4. The van der Waals surface area contributed by atoms with Crippen LogP contribution in [0.25, 0.3) is 0 Å². The number of amides is 3. The third-order valence-corrected chi connectivity index (χ3v) is 7.63. The summed E-state index contributed by atoms with van der Waals surface area (Å²) in [6.45, 7) is 1.92. The van der Waals surface area contributed by atoms with Gasteiger partial charge in [-0.3, -0.25) is 9.69 Å². The molecule has 3 amide bonds. The van der Waals surface area contributed by atoms with Crippen molar-refractivity contribution in [1.29, 1.82) is 0 Å². The van der Waals surface area contributed by atoms with E-state index < -0.39 is 35.7 Å². The summed E-state index contributed by atoms with van der Waals surface area (Å²) in [5.41, 5.74) is 1.54. The Morgan fingerprint density at radius 3 is 2.36 bits per heavy atom. The standard InChI is InChI=1S/C29H34F2N4O4/c1-18-26(28(37)39-3)27(33-29(38)32-18)35(22-13-14-23(30)24(31)17-22)25(36)15-16-34(2)21-11-9-20(10-12-21)19-7-5-4-6-8-19/h4-8,13-14,17,20-21,27H,9-12,15-16H2,1-3H3,(H2,32,33,38). The van der Waals surface area contributed by atoms with Crippen LogP contribution in [0.1, 0.15) is 50.5 Å². The summed E-state index contributed by atoms with van der Waals surface area (Å²) in [5, 5.41) is 5.06. The van der Waals surface area contributed by atoms with E-state index in [0.717, 1.165) is 42.7 Å². The van der Waals surface area contributed by atoms with Gasteiger partial charge >= 0.3 is 12.0 Å². The molecule has 1 fully saturated rings. The van der Waals surface area contributed by atoms with Crippen LogP contribution in [0.4, 0.5) is 19.3 Å². The Hall–Kier alpha value is -3.79. The van der Waals surface area contributed by atoms with Crippen molar-refractivity contribution in [2.24, 2.45) is 0 Å². The number of allylic oxidation sites excluding steroid dienone is 1. The maximum atomic E-state index is 14.2. The summed E-state index contributed by atoms with van der Waals surface area (Å²) in [7, 11) is 3.15. The largest absolute Gasteiger partial charge is 0.465 e. The number of carbonyl (C=O) groups is 3. The lowest BCUT2D eigenvalue weighted by atomic mass is 9.81. The van der Waals surface area contributed by atoms with Crippen LogP contribution in [0.15, 0.2) is 59.8 Å². The highest BCUT2D eigenvalue weighted by Gasteiger charge is 2.38. The molecule has 0 aromatic heterocycles. The van der Waals surface area contributed by atoms with Gasteiger partial charge in [0.1, 0.15) is 6.17 Å². The third kappa shape index (κ3) is 6.44. The summed E-state index contributed by atoms with van der Waals surface area (Å²) in [4.78, 5) is 41.9. The van der Waals surface area contributed by atoms with Crippen molar-refractivity contribution in [3.05, 3.63) is 77.0 Å². The van der Waals surface area contributed by atoms with Gasteiger partial charge in [-0.15, -0.1) is 0 Å². The first kappa shape index (κ1) is 28.2. The summed E-state index contributed by atoms with van der Waals surface area (Å²) in [5.74, 6) is -2.94. The maximum Gasteiger partial charge on any atom is 0.339 e. The first-order valence-electron chi connectivity index (χ1n) is 13.1. The molecule has 2 aliphatic rings. The van der Waals surface area contributed by atoms with E-state index in [4.69, 9.17) is 4.74 Å². The number of methoxy groups -OCH3 is 1. The van der Waals surface area contributed by atoms with Crippen molar-refractivity contribution in [3.8, 4) is 0 Å². The predicted molar refractivity (Wildman–Crippen MR) is 143 cm³/mol. The van der Waals surface area contributed by atoms with Gasteiger partial charge in [0, 0.05) is 36.5 Å². The van der Waals surface area contributed by atoms with Gasteiger partial charge in [0.05, 0.1) is 12.7 Å². The van der Waals surface area contributed by atoms with Crippen LogP contribution in [-0.4, -0.2) is 55.7 Å². The lowest BCUT2D eigenvalue weighted by molar-refractivity contribution is -0.136. The molecular weight excluding hydrogens is 506 g/mol. The molecule has 0 bridgehead atoms. The van der Waals surface area contributed by atoms with E-state index in [-0.39, 0.29) is 23.4 Å². The molecular formula is C29H34F2N4O4. The Balaban J connectivity index is 1.50. The molecule has 2 aromatic rings. The minimum Gasteiger partial charge on any atom is -0.465 e. The smallest absolute Gasteiger partial charge is 0.339 e. The Bertz CT molecular complexity index is 1250. The van der Waals surface area contributed by atoms with E-state index in [1.54, 1.807) is 0 Å². The summed E-state index contributed by atoms with van der Waals surface area (Å²) in [6, 6.07) is 13.2. The molecule has 0 saturated heterocycles. The van der Waals surface area contributed by atoms with Gasteiger partial charge in [-0.25, -0.2) is 18.4 Å². The number of carbonyl (C=O) groups excluding carboxylic acids is 3. The summed E-state index contributed by atoms with van der Waals surface area (Å²) >= 11 is 0. The van der Waals surface area contributed by atoms with Crippen LogP contribution < -0.4 is 15.5 Å². The summed E-state index contributed by atoms with van der Waals surface area (Å²) < 4.78 is 32.9. The quantitative estimate of drug-likeness (QED) is 0.484. The zero-order valence-electron chi connectivity index (χ0n) is 22.4. The molecule has 1 unspecified atom stereocenters. The highest BCUT2D eigenvalue weighted by atomic mass is 19.2. The zero-order chi connectivity index (χ0) is 28.1. The fourth-order valence-electron chi connectivity index (χ4n) is 5.47. The van der Waals surface area contributed by atoms with Crippen molar-refractivity contribution in [3.63, 3.8) is 0 Å². The monoisotopic (exact) mass is 540 g/mol. The van der Waals surface area contributed by atoms with Crippen molar-refractivity contribution in [2.75, 3.05) is 25.6 Å². The number of esters is 1.